The normalized spacial score (nSPS) is 17.4. The molecule has 7 heteroatoms. The fourth-order valence-electron chi connectivity index (χ4n) is 3.32. The van der Waals surface area contributed by atoms with Crippen LogP contribution in [0, 0.1) is 12.8 Å². The molecule has 0 spiro atoms. The van der Waals surface area contributed by atoms with Crippen LogP contribution in [0.5, 0.6) is 0 Å². The number of nitrogens with zero attached hydrogens (tertiary/aromatic N) is 2. The quantitative estimate of drug-likeness (QED) is 0.837. The van der Waals surface area contributed by atoms with E-state index in [1.807, 2.05) is 17.9 Å². The number of rotatable bonds is 2. The molecule has 1 aliphatic carbocycles. The third-order valence-electron chi connectivity index (χ3n) is 5.01. The largest absolute Gasteiger partial charge is 0.423 e. The van der Waals surface area contributed by atoms with Crippen LogP contribution in [0.4, 0.5) is 10.5 Å². The number of hydrogen-bond acceptors (Lipinski definition) is 4. The Labute approximate surface area is 150 Å². The molecule has 1 aromatic heterocycles. The third-order valence-corrected chi connectivity index (χ3v) is 5.01. The number of fused-ring (bicyclic) bond motifs is 1. The number of anilines is 1. The average Bonchev–Trinajstić information content (AvgIpc) is 3.46. The molecule has 4 rings (SSSR count). The topological polar surface area (TPSA) is 82.9 Å². The first-order valence-corrected chi connectivity index (χ1v) is 8.90. The summed E-state index contributed by atoms with van der Waals surface area (Å²) in [5, 5.41) is 3.69. The number of carbonyl (C=O) groups excluding carboxylic acids is 2. The molecule has 1 aliphatic heterocycles. The van der Waals surface area contributed by atoms with Gasteiger partial charge < -0.3 is 19.5 Å². The molecule has 1 saturated heterocycles. The first-order valence-electron chi connectivity index (χ1n) is 8.90. The Kier molecular flexibility index (Phi) is 4.14. The standard InChI is InChI=1S/C19H21N3O4/c1-12-10-17(23)26-16-11-14(4-5-15(12)16)20-19(25)22-8-6-21(7-9-22)18(24)13-2-3-13/h4-5,10-11,13H,2-3,6-9H2,1H3,(H,20,25). The number of piperazine rings is 1. The molecule has 2 fully saturated rings. The van der Waals surface area contributed by atoms with Gasteiger partial charge in [-0.05, 0) is 37.5 Å². The van der Waals surface area contributed by atoms with Crippen LogP contribution in [0.2, 0.25) is 0 Å². The van der Waals surface area contributed by atoms with E-state index < -0.39 is 5.63 Å². The molecular formula is C19H21N3O4. The molecule has 0 unspecified atom stereocenters. The Morgan fingerprint density at radius 1 is 1.08 bits per heavy atom. The third kappa shape index (κ3) is 3.29. The highest BCUT2D eigenvalue weighted by Crippen LogP contribution is 2.31. The van der Waals surface area contributed by atoms with Crippen LogP contribution in [0.1, 0.15) is 18.4 Å². The summed E-state index contributed by atoms with van der Waals surface area (Å²) < 4.78 is 5.21. The van der Waals surface area contributed by atoms with Gasteiger partial charge in [-0.3, -0.25) is 4.79 Å². The monoisotopic (exact) mass is 355 g/mol. The number of aryl methyl sites for hydroxylation is 1. The maximum atomic E-state index is 12.5. The summed E-state index contributed by atoms with van der Waals surface area (Å²) in [5.41, 5.74) is 1.46. The van der Waals surface area contributed by atoms with E-state index >= 15 is 0 Å². The van der Waals surface area contributed by atoms with Crippen molar-refractivity contribution < 1.29 is 14.0 Å². The zero-order valence-corrected chi connectivity index (χ0v) is 14.7. The van der Waals surface area contributed by atoms with E-state index in [2.05, 4.69) is 5.32 Å². The van der Waals surface area contributed by atoms with Crippen LogP contribution in [0.15, 0.2) is 33.5 Å². The summed E-state index contributed by atoms with van der Waals surface area (Å²) in [7, 11) is 0. The van der Waals surface area contributed by atoms with Gasteiger partial charge in [0.2, 0.25) is 5.91 Å². The van der Waals surface area contributed by atoms with Crippen LogP contribution >= 0.6 is 0 Å². The summed E-state index contributed by atoms with van der Waals surface area (Å²) in [6.45, 7) is 4.04. The minimum Gasteiger partial charge on any atom is -0.423 e. The van der Waals surface area contributed by atoms with Crippen molar-refractivity contribution in [3.8, 4) is 0 Å². The lowest BCUT2D eigenvalue weighted by Gasteiger charge is -2.34. The number of hydrogen-bond donors (Lipinski definition) is 1. The van der Waals surface area contributed by atoms with Gasteiger partial charge in [0.15, 0.2) is 0 Å². The molecule has 136 valence electrons. The minimum absolute atomic E-state index is 0.210. The van der Waals surface area contributed by atoms with Gasteiger partial charge in [-0.15, -0.1) is 0 Å². The predicted octanol–water partition coefficient (Wildman–Crippen LogP) is 2.19. The number of benzene rings is 1. The van der Waals surface area contributed by atoms with Crippen LogP contribution in [-0.4, -0.2) is 47.9 Å². The van der Waals surface area contributed by atoms with Crippen molar-refractivity contribution in [2.24, 2.45) is 5.92 Å². The van der Waals surface area contributed by atoms with E-state index in [-0.39, 0.29) is 17.9 Å². The van der Waals surface area contributed by atoms with E-state index in [0.29, 0.717) is 37.4 Å². The summed E-state index contributed by atoms with van der Waals surface area (Å²) in [6, 6.07) is 6.52. The summed E-state index contributed by atoms with van der Waals surface area (Å²) in [6.07, 6.45) is 1.99. The van der Waals surface area contributed by atoms with Gasteiger partial charge in [0.1, 0.15) is 5.58 Å². The molecule has 2 aromatic rings. The van der Waals surface area contributed by atoms with Crippen LogP contribution in [0.3, 0.4) is 0 Å². The Hall–Kier alpha value is -2.83. The fourth-order valence-corrected chi connectivity index (χ4v) is 3.32. The molecular weight excluding hydrogens is 334 g/mol. The number of amides is 3. The van der Waals surface area contributed by atoms with Gasteiger partial charge in [0.05, 0.1) is 0 Å². The smallest absolute Gasteiger partial charge is 0.336 e. The zero-order valence-electron chi connectivity index (χ0n) is 14.7. The van der Waals surface area contributed by atoms with E-state index in [0.717, 1.165) is 23.8 Å². The summed E-state index contributed by atoms with van der Waals surface area (Å²) in [5.74, 6) is 0.441. The molecule has 2 aliphatic rings. The fraction of sp³-hybridized carbons (Fsp3) is 0.421. The Morgan fingerprint density at radius 3 is 2.46 bits per heavy atom. The van der Waals surface area contributed by atoms with Crippen molar-refractivity contribution in [3.63, 3.8) is 0 Å². The van der Waals surface area contributed by atoms with Gasteiger partial charge in [0.25, 0.3) is 0 Å². The van der Waals surface area contributed by atoms with E-state index in [4.69, 9.17) is 4.42 Å². The van der Waals surface area contributed by atoms with Crippen LogP contribution in [0.25, 0.3) is 11.0 Å². The molecule has 0 bridgehead atoms. The molecule has 1 saturated carbocycles. The molecule has 0 radical (unpaired) electrons. The average molecular weight is 355 g/mol. The molecule has 1 aromatic carbocycles. The van der Waals surface area contributed by atoms with Crippen molar-refractivity contribution in [2.45, 2.75) is 19.8 Å². The SMILES string of the molecule is Cc1cc(=O)oc2cc(NC(=O)N3CCN(C(=O)C4CC4)CC3)ccc12. The Morgan fingerprint density at radius 2 is 1.77 bits per heavy atom. The van der Waals surface area contributed by atoms with Gasteiger partial charge in [-0.1, -0.05) is 0 Å². The lowest BCUT2D eigenvalue weighted by atomic mass is 10.1. The molecule has 3 amide bonds. The van der Waals surface area contributed by atoms with Crippen molar-refractivity contribution in [1.29, 1.82) is 0 Å². The molecule has 2 heterocycles. The second-order valence-electron chi connectivity index (χ2n) is 6.98. The number of nitrogens with one attached hydrogen (secondary N) is 1. The zero-order chi connectivity index (χ0) is 18.3. The second-order valence-corrected chi connectivity index (χ2v) is 6.98. The highest BCUT2D eigenvalue weighted by atomic mass is 16.4. The second kappa shape index (κ2) is 6.48. The van der Waals surface area contributed by atoms with Gasteiger partial charge in [-0.2, -0.15) is 0 Å². The first-order chi connectivity index (χ1) is 12.5. The summed E-state index contributed by atoms with van der Waals surface area (Å²) in [4.78, 5) is 39.6. The number of urea groups is 1. The molecule has 26 heavy (non-hydrogen) atoms. The van der Waals surface area contributed by atoms with Crippen molar-refractivity contribution in [1.82, 2.24) is 9.80 Å². The maximum absolute atomic E-state index is 12.5. The van der Waals surface area contributed by atoms with E-state index in [9.17, 15) is 14.4 Å². The highest BCUT2D eigenvalue weighted by Gasteiger charge is 2.35. The van der Waals surface area contributed by atoms with Crippen molar-refractivity contribution in [2.75, 3.05) is 31.5 Å². The highest BCUT2D eigenvalue weighted by molar-refractivity contribution is 5.93. The van der Waals surface area contributed by atoms with Crippen LogP contribution in [-0.2, 0) is 4.79 Å². The van der Waals surface area contributed by atoms with Crippen LogP contribution < -0.4 is 10.9 Å². The Bertz CT molecular complexity index is 924. The lowest BCUT2D eigenvalue weighted by molar-refractivity contribution is -0.133. The first kappa shape index (κ1) is 16.6. The lowest BCUT2D eigenvalue weighted by Crippen LogP contribution is -2.52. The number of carbonyl (C=O) groups is 2. The van der Waals surface area contributed by atoms with E-state index in [1.54, 1.807) is 17.0 Å². The molecule has 7 nitrogen and oxygen atoms in total. The maximum Gasteiger partial charge on any atom is 0.336 e. The summed E-state index contributed by atoms with van der Waals surface area (Å²) >= 11 is 0. The van der Waals surface area contributed by atoms with Gasteiger partial charge in [-0.25, -0.2) is 9.59 Å². The molecule has 1 N–H and O–H groups in total. The van der Waals surface area contributed by atoms with E-state index in [1.165, 1.54) is 6.07 Å². The molecule has 0 atom stereocenters. The van der Waals surface area contributed by atoms with Gasteiger partial charge >= 0.3 is 11.7 Å². The van der Waals surface area contributed by atoms with Crippen molar-refractivity contribution >= 4 is 28.6 Å². The van der Waals surface area contributed by atoms with Gasteiger partial charge in [0, 0.05) is 55.3 Å². The Balaban J connectivity index is 1.41. The minimum atomic E-state index is -0.407. The van der Waals surface area contributed by atoms with Crippen molar-refractivity contribution in [3.05, 3.63) is 40.2 Å². The predicted molar refractivity (Wildman–Crippen MR) is 97.1 cm³/mol.